The Balaban J connectivity index is 2.70. The zero-order valence-corrected chi connectivity index (χ0v) is 9.91. The fourth-order valence-electron chi connectivity index (χ4n) is 1.56. The Hall–Kier alpha value is -0.830. The summed E-state index contributed by atoms with van der Waals surface area (Å²) in [7, 11) is 4.19. The molecule has 14 heavy (non-hydrogen) atoms. The van der Waals surface area contributed by atoms with Crippen molar-refractivity contribution in [3.8, 4) is 0 Å². The first-order valence-electron chi connectivity index (χ1n) is 5.18. The molecule has 1 heterocycles. The van der Waals surface area contributed by atoms with Gasteiger partial charge < -0.3 is 9.47 Å². The van der Waals surface area contributed by atoms with Gasteiger partial charge in [0.1, 0.15) is 0 Å². The van der Waals surface area contributed by atoms with Crippen LogP contribution in [0.3, 0.4) is 0 Å². The maximum Gasteiger partial charge on any atom is 0.0952 e. The average Bonchev–Trinajstić information content (AvgIpc) is 2.43. The van der Waals surface area contributed by atoms with Gasteiger partial charge in [0.15, 0.2) is 0 Å². The molecule has 1 aromatic heterocycles. The molecule has 0 fully saturated rings. The molecule has 3 heteroatoms. The van der Waals surface area contributed by atoms with Gasteiger partial charge in [-0.1, -0.05) is 13.8 Å². The van der Waals surface area contributed by atoms with Crippen molar-refractivity contribution >= 4 is 0 Å². The summed E-state index contributed by atoms with van der Waals surface area (Å²) in [4.78, 5) is 6.63. The van der Waals surface area contributed by atoms with E-state index >= 15 is 0 Å². The van der Waals surface area contributed by atoms with Crippen LogP contribution in [0.2, 0.25) is 0 Å². The Labute approximate surface area is 86.7 Å². The van der Waals surface area contributed by atoms with Crippen molar-refractivity contribution in [2.45, 2.75) is 33.2 Å². The van der Waals surface area contributed by atoms with Crippen LogP contribution < -0.4 is 0 Å². The van der Waals surface area contributed by atoms with Crippen LogP contribution in [-0.4, -0.2) is 35.1 Å². The SMILES string of the molecule is Cc1c(C(C)C)ncn1CCN(C)C. The minimum absolute atomic E-state index is 0.524. The molecule has 80 valence electrons. The molecule has 0 amide bonds. The lowest BCUT2D eigenvalue weighted by Crippen LogP contribution is -2.18. The normalized spacial score (nSPS) is 11.6. The van der Waals surface area contributed by atoms with E-state index in [1.807, 2.05) is 6.33 Å². The quantitative estimate of drug-likeness (QED) is 0.731. The highest BCUT2D eigenvalue weighted by Gasteiger charge is 2.09. The lowest BCUT2D eigenvalue weighted by atomic mass is 10.1. The van der Waals surface area contributed by atoms with Crippen LogP contribution in [0.15, 0.2) is 6.33 Å². The molecule has 0 aliphatic heterocycles. The molecular weight excluding hydrogens is 174 g/mol. The fourth-order valence-corrected chi connectivity index (χ4v) is 1.56. The molecule has 3 nitrogen and oxygen atoms in total. The van der Waals surface area contributed by atoms with E-state index < -0.39 is 0 Å². The Morgan fingerprint density at radius 3 is 2.50 bits per heavy atom. The Kier molecular flexibility index (Phi) is 3.69. The molecule has 0 aliphatic carbocycles. The third-order valence-corrected chi connectivity index (χ3v) is 2.47. The second-order valence-electron chi connectivity index (χ2n) is 4.37. The van der Waals surface area contributed by atoms with Gasteiger partial charge in [0.2, 0.25) is 0 Å². The van der Waals surface area contributed by atoms with Gasteiger partial charge >= 0.3 is 0 Å². The monoisotopic (exact) mass is 195 g/mol. The minimum atomic E-state index is 0.524. The summed E-state index contributed by atoms with van der Waals surface area (Å²) in [6.07, 6.45) is 1.95. The highest BCUT2D eigenvalue weighted by molar-refractivity contribution is 5.14. The summed E-state index contributed by atoms with van der Waals surface area (Å²) >= 11 is 0. The largest absolute Gasteiger partial charge is 0.333 e. The van der Waals surface area contributed by atoms with E-state index in [0.29, 0.717) is 5.92 Å². The van der Waals surface area contributed by atoms with E-state index in [9.17, 15) is 0 Å². The van der Waals surface area contributed by atoms with Crippen LogP contribution in [0, 0.1) is 6.92 Å². The zero-order valence-electron chi connectivity index (χ0n) is 9.91. The van der Waals surface area contributed by atoms with Crippen LogP contribution in [0.25, 0.3) is 0 Å². The molecule has 0 unspecified atom stereocenters. The summed E-state index contributed by atoms with van der Waals surface area (Å²) in [5, 5.41) is 0. The van der Waals surface area contributed by atoms with Crippen molar-refractivity contribution in [2.75, 3.05) is 20.6 Å². The first kappa shape index (κ1) is 11.2. The molecule has 0 saturated heterocycles. The summed E-state index contributed by atoms with van der Waals surface area (Å²) in [6.45, 7) is 8.61. The Bertz CT molecular complexity index is 287. The molecule has 0 atom stereocenters. The van der Waals surface area contributed by atoms with Crippen molar-refractivity contribution in [3.63, 3.8) is 0 Å². The molecule has 0 saturated carbocycles. The maximum absolute atomic E-state index is 4.44. The van der Waals surface area contributed by atoms with Crippen LogP contribution in [0.1, 0.15) is 31.2 Å². The van der Waals surface area contributed by atoms with E-state index in [4.69, 9.17) is 0 Å². The number of aromatic nitrogens is 2. The molecule has 0 aliphatic rings. The number of imidazole rings is 1. The van der Waals surface area contributed by atoms with E-state index in [1.165, 1.54) is 11.4 Å². The molecule has 0 bridgehead atoms. The smallest absolute Gasteiger partial charge is 0.0952 e. The minimum Gasteiger partial charge on any atom is -0.333 e. The van der Waals surface area contributed by atoms with Gasteiger partial charge in [0.05, 0.1) is 12.0 Å². The molecular formula is C11H21N3. The fraction of sp³-hybridized carbons (Fsp3) is 0.727. The van der Waals surface area contributed by atoms with E-state index in [1.54, 1.807) is 0 Å². The first-order chi connectivity index (χ1) is 6.52. The van der Waals surface area contributed by atoms with Gasteiger partial charge in [-0.05, 0) is 26.9 Å². The highest BCUT2D eigenvalue weighted by Crippen LogP contribution is 2.16. The van der Waals surface area contributed by atoms with Crippen molar-refractivity contribution in [1.82, 2.24) is 14.5 Å². The standard InChI is InChI=1S/C11H21N3/c1-9(2)11-10(3)14(8-12-11)7-6-13(4)5/h8-9H,6-7H2,1-5H3. The number of nitrogens with zero attached hydrogens (tertiary/aromatic N) is 3. The van der Waals surface area contributed by atoms with Gasteiger partial charge in [0.25, 0.3) is 0 Å². The second-order valence-corrected chi connectivity index (χ2v) is 4.37. The number of hydrogen-bond acceptors (Lipinski definition) is 2. The molecule has 0 radical (unpaired) electrons. The van der Waals surface area contributed by atoms with Crippen LogP contribution in [0.5, 0.6) is 0 Å². The number of rotatable bonds is 4. The van der Waals surface area contributed by atoms with E-state index in [0.717, 1.165) is 13.1 Å². The van der Waals surface area contributed by atoms with E-state index in [2.05, 4.69) is 49.3 Å². The van der Waals surface area contributed by atoms with Crippen LogP contribution in [-0.2, 0) is 6.54 Å². The average molecular weight is 195 g/mol. The zero-order chi connectivity index (χ0) is 10.7. The second kappa shape index (κ2) is 4.60. The predicted molar refractivity (Wildman–Crippen MR) is 59.6 cm³/mol. The van der Waals surface area contributed by atoms with Crippen molar-refractivity contribution < 1.29 is 0 Å². The predicted octanol–water partition coefficient (Wildman–Crippen LogP) is 1.88. The lowest BCUT2D eigenvalue weighted by molar-refractivity contribution is 0.382. The molecule has 0 aromatic carbocycles. The third kappa shape index (κ3) is 2.58. The summed E-state index contributed by atoms with van der Waals surface area (Å²) in [5.74, 6) is 0.524. The number of hydrogen-bond donors (Lipinski definition) is 0. The number of likely N-dealkylation sites (N-methyl/N-ethyl adjacent to an activating group) is 1. The first-order valence-corrected chi connectivity index (χ1v) is 5.18. The summed E-state index contributed by atoms with van der Waals surface area (Å²) in [6, 6.07) is 0. The molecule has 0 spiro atoms. The van der Waals surface area contributed by atoms with Crippen molar-refractivity contribution in [3.05, 3.63) is 17.7 Å². The van der Waals surface area contributed by atoms with Crippen molar-refractivity contribution in [1.29, 1.82) is 0 Å². The summed E-state index contributed by atoms with van der Waals surface area (Å²) in [5.41, 5.74) is 2.53. The van der Waals surface area contributed by atoms with Gasteiger partial charge in [-0.2, -0.15) is 0 Å². The molecule has 1 aromatic rings. The van der Waals surface area contributed by atoms with Crippen molar-refractivity contribution in [2.24, 2.45) is 0 Å². The topological polar surface area (TPSA) is 21.1 Å². The van der Waals surface area contributed by atoms with Crippen LogP contribution in [0.4, 0.5) is 0 Å². The summed E-state index contributed by atoms with van der Waals surface area (Å²) < 4.78 is 2.23. The molecule has 1 rings (SSSR count). The van der Waals surface area contributed by atoms with Gasteiger partial charge in [-0.3, -0.25) is 0 Å². The highest BCUT2D eigenvalue weighted by atomic mass is 15.1. The third-order valence-electron chi connectivity index (χ3n) is 2.47. The van der Waals surface area contributed by atoms with Gasteiger partial charge in [-0.25, -0.2) is 4.98 Å². The van der Waals surface area contributed by atoms with Gasteiger partial charge in [-0.15, -0.1) is 0 Å². The molecule has 0 N–H and O–H groups in total. The van der Waals surface area contributed by atoms with Crippen LogP contribution >= 0.6 is 0 Å². The maximum atomic E-state index is 4.44. The Morgan fingerprint density at radius 1 is 1.43 bits per heavy atom. The van der Waals surface area contributed by atoms with E-state index in [-0.39, 0.29) is 0 Å². The lowest BCUT2D eigenvalue weighted by Gasteiger charge is -2.11. The van der Waals surface area contributed by atoms with Gasteiger partial charge in [0, 0.05) is 18.8 Å². The Morgan fingerprint density at radius 2 is 2.07 bits per heavy atom.